The van der Waals surface area contributed by atoms with Crippen molar-refractivity contribution in [1.82, 2.24) is 30.1 Å². The number of H-pyrrole nitrogens is 1. The van der Waals surface area contributed by atoms with E-state index in [1.165, 1.54) is 0 Å². The van der Waals surface area contributed by atoms with E-state index >= 15 is 0 Å². The quantitative estimate of drug-likeness (QED) is 0.579. The second kappa shape index (κ2) is 9.11. The molecule has 0 aliphatic carbocycles. The lowest BCUT2D eigenvalue weighted by atomic mass is 10.0. The van der Waals surface area contributed by atoms with E-state index in [2.05, 4.69) is 59.2 Å². The van der Waals surface area contributed by atoms with Gasteiger partial charge in [0.05, 0.1) is 23.7 Å². The normalized spacial score (nSPS) is 17.0. The molecule has 32 heavy (non-hydrogen) atoms. The Morgan fingerprint density at radius 1 is 1.25 bits per heavy atom. The number of aromatic amines is 1. The second-order valence-electron chi connectivity index (χ2n) is 9.59. The molecule has 0 unspecified atom stereocenters. The third-order valence-corrected chi connectivity index (χ3v) is 6.74. The Morgan fingerprint density at radius 2 is 2.03 bits per heavy atom. The van der Waals surface area contributed by atoms with E-state index in [-0.39, 0.29) is 17.2 Å². The Morgan fingerprint density at radius 3 is 2.75 bits per heavy atom. The zero-order valence-corrected chi connectivity index (χ0v) is 19.8. The van der Waals surface area contributed by atoms with Crippen molar-refractivity contribution in [2.24, 2.45) is 0 Å². The fourth-order valence-corrected chi connectivity index (χ4v) is 4.36. The van der Waals surface area contributed by atoms with E-state index in [4.69, 9.17) is 4.74 Å². The van der Waals surface area contributed by atoms with Crippen LogP contribution in [0, 0.1) is 13.8 Å². The van der Waals surface area contributed by atoms with Crippen molar-refractivity contribution in [3.8, 4) is 0 Å². The highest BCUT2D eigenvalue weighted by Gasteiger charge is 2.26. The fraction of sp³-hybridized carbons (Fsp3) is 0.583. The molecule has 8 heteroatoms. The molecule has 1 N–H and O–H groups in total. The van der Waals surface area contributed by atoms with Crippen molar-refractivity contribution in [3.05, 3.63) is 51.1 Å². The maximum absolute atomic E-state index is 13.0. The number of nitrogens with one attached hydrogen (secondary N) is 1. The molecule has 172 valence electrons. The molecular weight excluding hydrogens is 404 g/mol. The fourth-order valence-electron chi connectivity index (χ4n) is 4.36. The van der Waals surface area contributed by atoms with Gasteiger partial charge >= 0.3 is 0 Å². The van der Waals surface area contributed by atoms with Gasteiger partial charge in [-0.3, -0.25) is 9.69 Å². The second-order valence-corrected chi connectivity index (χ2v) is 9.59. The number of hydrogen-bond acceptors (Lipinski definition) is 6. The molecule has 1 aliphatic heterocycles. The third-order valence-electron chi connectivity index (χ3n) is 6.74. The number of aryl methyl sites for hydroxylation is 2. The number of nitrogens with zero attached hydrogens (tertiary/aromatic N) is 5. The van der Waals surface area contributed by atoms with Gasteiger partial charge in [0.1, 0.15) is 0 Å². The average molecular weight is 439 g/mol. The molecule has 0 spiro atoms. The van der Waals surface area contributed by atoms with Gasteiger partial charge in [-0.25, -0.2) is 4.68 Å². The molecule has 1 fully saturated rings. The molecule has 0 amide bonds. The maximum Gasteiger partial charge on any atom is 0.252 e. The number of ether oxygens (including phenoxy) is 1. The number of hydrogen-bond donors (Lipinski definition) is 1. The summed E-state index contributed by atoms with van der Waals surface area (Å²) in [5.74, 6) is 0.805. The molecule has 1 aromatic carbocycles. The first-order valence-electron chi connectivity index (χ1n) is 11.5. The zero-order valence-electron chi connectivity index (χ0n) is 19.8. The van der Waals surface area contributed by atoms with Crippen LogP contribution in [-0.4, -0.2) is 49.3 Å². The van der Waals surface area contributed by atoms with Crippen LogP contribution in [0.15, 0.2) is 23.0 Å². The summed E-state index contributed by atoms with van der Waals surface area (Å²) in [6.07, 6.45) is 3.20. The molecule has 4 rings (SSSR count). The number of pyridine rings is 1. The van der Waals surface area contributed by atoms with Gasteiger partial charge in [-0.05, 0) is 74.6 Å². The first kappa shape index (κ1) is 22.6. The monoisotopic (exact) mass is 438 g/mol. The summed E-state index contributed by atoms with van der Waals surface area (Å²) in [5, 5.41) is 13.6. The molecule has 1 aliphatic rings. The summed E-state index contributed by atoms with van der Waals surface area (Å²) in [6.45, 7) is 13.1. The molecule has 1 saturated heterocycles. The molecule has 0 bridgehead atoms. The number of tetrazole rings is 1. The summed E-state index contributed by atoms with van der Waals surface area (Å²) in [6, 6.07) is 6.19. The predicted octanol–water partition coefficient (Wildman–Crippen LogP) is 3.46. The van der Waals surface area contributed by atoms with Crippen LogP contribution in [0.4, 0.5) is 0 Å². The van der Waals surface area contributed by atoms with Crippen LogP contribution in [0.1, 0.15) is 62.5 Å². The van der Waals surface area contributed by atoms with Gasteiger partial charge in [0.2, 0.25) is 0 Å². The van der Waals surface area contributed by atoms with Gasteiger partial charge in [0.15, 0.2) is 5.82 Å². The Hall–Kier alpha value is -2.58. The highest BCUT2D eigenvalue weighted by atomic mass is 16.5. The smallest absolute Gasteiger partial charge is 0.252 e. The van der Waals surface area contributed by atoms with Crippen LogP contribution in [0.2, 0.25) is 0 Å². The summed E-state index contributed by atoms with van der Waals surface area (Å²) in [7, 11) is 0. The Kier molecular flexibility index (Phi) is 6.44. The van der Waals surface area contributed by atoms with Gasteiger partial charge in [-0.15, -0.1) is 5.10 Å². The Labute approximate surface area is 189 Å². The minimum Gasteiger partial charge on any atom is -0.377 e. The molecule has 0 saturated carbocycles. The number of rotatable bonds is 8. The summed E-state index contributed by atoms with van der Waals surface area (Å²) >= 11 is 0. The number of benzene rings is 1. The third kappa shape index (κ3) is 4.61. The van der Waals surface area contributed by atoms with E-state index in [0.29, 0.717) is 13.1 Å². The summed E-state index contributed by atoms with van der Waals surface area (Å²) in [5.41, 5.74) is 3.67. The van der Waals surface area contributed by atoms with Crippen molar-refractivity contribution in [3.63, 3.8) is 0 Å². The first-order chi connectivity index (χ1) is 15.3. The van der Waals surface area contributed by atoms with Crippen LogP contribution in [-0.2, 0) is 23.4 Å². The van der Waals surface area contributed by atoms with Crippen LogP contribution in [0.25, 0.3) is 10.9 Å². The SMILES string of the molecule is CCC(C)(C)n1nnnc1CN(Cc1cc2c(C)ccc(C)c2[nH]c1=O)C[C@H]1CCCO1. The van der Waals surface area contributed by atoms with Crippen LogP contribution >= 0.6 is 0 Å². The van der Waals surface area contributed by atoms with Crippen molar-refractivity contribution in [2.45, 2.75) is 78.6 Å². The van der Waals surface area contributed by atoms with E-state index in [0.717, 1.165) is 65.8 Å². The van der Waals surface area contributed by atoms with E-state index in [9.17, 15) is 4.79 Å². The highest BCUT2D eigenvalue weighted by molar-refractivity contribution is 5.85. The molecule has 1 atom stereocenters. The highest BCUT2D eigenvalue weighted by Crippen LogP contribution is 2.23. The maximum atomic E-state index is 13.0. The minimum absolute atomic E-state index is 0.0444. The van der Waals surface area contributed by atoms with Gasteiger partial charge in [-0.2, -0.15) is 0 Å². The standard InChI is InChI=1S/C24H34N6O2/c1-6-24(4,5)30-21(26-27-28-30)15-29(14-19-8-7-11-32-19)13-18-12-20-16(2)9-10-17(3)22(20)25-23(18)31/h9-10,12,19H,6-8,11,13-15H2,1-5H3,(H,25,31)/t19-/m1/s1. The van der Waals surface area contributed by atoms with Crippen molar-refractivity contribution >= 4 is 10.9 Å². The van der Waals surface area contributed by atoms with Gasteiger partial charge in [-0.1, -0.05) is 19.1 Å². The van der Waals surface area contributed by atoms with Gasteiger partial charge < -0.3 is 9.72 Å². The molecular formula is C24H34N6O2. The predicted molar refractivity (Wildman–Crippen MR) is 125 cm³/mol. The molecule has 3 heterocycles. The Bertz CT molecular complexity index is 1140. The number of aromatic nitrogens is 5. The minimum atomic E-state index is -0.177. The topological polar surface area (TPSA) is 88.9 Å². The lowest BCUT2D eigenvalue weighted by Crippen LogP contribution is -2.36. The van der Waals surface area contributed by atoms with Gasteiger partial charge in [0, 0.05) is 30.6 Å². The van der Waals surface area contributed by atoms with Crippen LogP contribution in [0.3, 0.4) is 0 Å². The molecule has 0 radical (unpaired) electrons. The van der Waals surface area contributed by atoms with Crippen molar-refractivity contribution in [2.75, 3.05) is 13.2 Å². The number of fused-ring (bicyclic) bond motifs is 1. The molecule has 8 nitrogen and oxygen atoms in total. The average Bonchev–Trinajstić information content (AvgIpc) is 3.44. The van der Waals surface area contributed by atoms with Crippen molar-refractivity contribution < 1.29 is 4.74 Å². The van der Waals surface area contributed by atoms with E-state index in [1.54, 1.807) is 0 Å². The first-order valence-corrected chi connectivity index (χ1v) is 11.5. The van der Waals surface area contributed by atoms with E-state index in [1.807, 2.05) is 23.7 Å². The lowest BCUT2D eigenvalue weighted by Gasteiger charge is -2.28. The van der Waals surface area contributed by atoms with Crippen LogP contribution in [0.5, 0.6) is 0 Å². The molecule has 2 aromatic heterocycles. The zero-order chi connectivity index (χ0) is 22.9. The largest absolute Gasteiger partial charge is 0.377 e. The summed E-state index contributed by atoms with van der Waals surface area (Å²) < 4.78 is 7.82. The Balaban J connectivity index is 1.66. The molecule has 3 aromatic rings. The van der Waals surface area contributed by atoms with Crippen LogP contribution < -0.4 is 5.56 Å². The van der Waals surface area contributed by atoms with E-state index < -0.39 is 0 Å². The van der Waals surface area contributed by atoms with Gasteiger partial charge in [0.25, 0.3) is 5.56 Å². The lowest BCUT2D eigenvalue weighted by molar-refractivity contribution is 0.0655. The van der Waals surface area contributed by atoms with Crippen molar-refractivity contribution in [1.29, 1.82) is 0 Å². The summed E-state index contributed by atoms with van der Waals surface area (Å²) in [4.78, 5) is 18.3.